The molecule has 0 N–H and O–H groups in total. The molecule has 1 amide bonds. The van der Waals surface area contributed by atoms with E-state index < -0.39 is 6.10 Å². The van der Waals surface area contributed by atoms with Crippen LogP contribution in [0.1, 0.15) is 56.1 Å². The number of amides is 1. The van der Waals surface area contributed by atoms with Crippen LogP contribution in [0.5, 0.6) is 5.75 Å². The molecule has 1 aromatic heterocycles. The van der Waals surface area contributed by atoms with Gasteiger partial charge in [-0.25, -0.2) is 4.98 Å². The standard InChI is InChI=1S/C21H27N3O2/c1-15-14-22-20(17-8-9-17)24(15)18-10-12-23(13-11-18)21(25)16(2)26-19-6-4-3-5-7-19/h3-7,14,16-18H,8-13H2,1-2H3/t16-/m0/s1. The van der Waals surface area contributed by atoms with Crippen molar-refractivity contribution in [1.29, 1.82) is 0 Å². The molecule has 26 heavy (non-hydrogen) atoms. The second-order valence-corrected chi connectivity index (χ2v) is 7.53. The largest absolute Gasteiger partial charge is 0.481 e. The van der Waals surface area contributed by atoms with E-state index in [2.05, 4.69) is 16.5 Å². The molecule has 0 spiro atoms. The van der Waals surface area contributed by atoms with Crippen molar-refractivity contribution in [2.75, 3.05) is 13.1 Å². The highest BCUT2D eigenvalue weighted by molar-refractivity contribution is 5.81. The third-order valence-electron chi connectivity index (χ3n) is 5.50. The molecule has 2 fully saturated rings. The van der Waals surface area contributed by atoms with Crippen molar-refractivity contribution in [1.82, 2.24) is 14.5 Å². The second kappa shape index (κ2) is 7.14. The summed E-state index contributed by atoms with van der Waals surface area (Å²) < 4.78 is 8.23. The van der Waals surface area contributed by atoms with Gasteiger partial charge in [0.25, 0.3) is 5.91 Å². The highest BCUT2D eigenvalue weighted by Gasteiger charge is 2.33. The zero-order chi connectivity index (χ0) is 18.1. The monoisotopic (exact) mass is 353 g/mol. The summed E-state index contributed by atoms with van der Waals surface area (Å²) in [5.74, 6) is 2.74. The van der Waals surface area contributed by atoms with E-state index in [1.807, 2.05) is 48.4 Å². The fourth-order valence-corrected chi connectivity index (χ4v) is 3.94. The predicted octanol–water partition coefficient (Wildman–Crippen LogP) is 3.70. The van der Waals surface area contributed by atoms with Gasteiger partial charge in [-0.3, -0.25) is 4.79 Å². The first-order valence-electron chi connectivity index (χ1n) is 9.67. The summed E-state index contributed by atoms with van der Waals surface area (Å²) in [5, 5.41) is 0. The molecule has 0 radical (unpaired) electrons. The van der Waals surface area contributed by atoms with E-state index in [0.717, 1.165) is 31.7 Å². The smallest absolute Gasteiger partial charge is 0.263 e. The number of hydrogen-bond donors (Lipinski definition) is 0. The summed E-state index contributed by atoms with van der Waals surface area (Å²) >= 11 is 0. The van der Waals surface area contributed by atoms with Gasteiger partial charge in [-0.1, -0.05) is 18.2 Å². The number of aryl methyl sites for hydroxylation is 1. The van der Waals surface area contributed by atoms with Crippen LogP contribution < -0.4 is 4.74 Å². The minimum absolute atomic E-state index is 0.0806. The van der Waals surface area contributed by atoms with Gasteiger partial charge in [0.05, 0.1) is 0 Å². The number of piperidine rings is 1. The van der Waals surface area contributed by atoms with Crippen LogP contribution in [0, 0.1) is 6.92 Å². The Hall–Kier alpha value is -2.30. The number of para-hydroxylation sites is 1. The van der Waals surface area contributed by atoms with E-state index in [4.69, 9.17) is 4.74 Å². The zero-order valence-electron chi connectivity index (χ0n) is 15.6. The van der Waals surface area contributed by atoms with E-state index in [0.29, 0.717) is 12.0 Å². The van der Waals surface area contributed by atoms with Crippen molar-refractivity contribution in [3.05, 3.63) is 48.0 Å². The third-order valence-corrected chi connectivity index (χ3v) is 5.50. The van der Waals surface area contributed by atoms with Crippen LogP contribution in [0.3, 0.4) is 0 Å². The molecule has 5 nitrogen and oxygen atoms in total. The van der Waals surface area contributed by atoms with Crippen molar-refractivity contribution in [3.63, 3.8) is 0 Å². The van der Waals surface area contributed by atoms with Crippen molar-refractivity contribution in [2.45, 2.75) is 57.6 Å². The summed E-state index contributed by atoms with van der Waals surface area (Å²) in [6.07, 6.45) is 6.05. The maximum atomic E-state index is 12.7. The molecular formula is C21H27N3O2. The van der Waals surface area contributed by atoms with Crippen molar-refractivity contribution >= 4 is 5.91 Å². The number of carbonyl (C=O) groups is 1. The molecule has 0 bridgehead atoms. The second-order valence-electron chi connectivity index (χ2n) is 7.53. The molecule has 138 valence electrons. The molecule has 1 aliphatic carbocycles. The lowest BCUT2D eigenvalue weighted by atomic mass is 10.0. The molecule has 1 saturated heterocycles. The summed E-state index contributed by atoms with van der Waals surface area (Å²) in [6, 6.07) is 10.0. The van der Waals surface area contributed by atoms with E-state index in [1.165, 1.54) is 24.4 Å². The molecule has 4 rings (SSSR count). The normalized spacial score (nSPS) is 19.4. The molecule has 2 heterocycles. The Morgan fingerprint density at radius 1 is 1.15 bits per heavy atom. The van der Waals surface area contributed by atoms with Gasteiger partial charge in [0.1, 0.15) is 11.6 Å². The van der Waals surface area contributed by atoms with Crippen LogP contribution in [0.25, 0.3) is 0 Å². The van der Waals surface area contributed by atoms with E-state index in [9.17, 15) is 4.79 Å². The highest BCUT2D eigenvalue weighted by atomic mass is 16.5. The van der Waals surface area contributed by atoms with Gasteiger partial charge in [0.2, 0.25) is 0 Å². The van der Waals surface area contributed by atoms with E-state index in [1.54, 1.807) is 0 Å². The quantitative estimate of drug-likeness (QED) is 0.823. The lowest BCUT2D eigenvalue weighted by Gasteiger charge is -2.35. The fraction of sp³-hybridized carbons (Fsp3) is 0.524. The van der Waals surface area contributed by atoms with Crippen molar-refractivity contribution in [2.24, 2.45) is 0 Å². The number of aromatic nitrogens is 2. The zero-order valence-corrected chi connectivity index (χ0v) is 15.6. The summed E-state index contributed by atoms with van der Waals surface area (Å²) in [4.78, 5) is 19.3. The molecule has 2 aliphatic rings. The molecule has 1 aliphatic heterocycles. The van der Waals surface area contributed by atoms with Crippen LogP contribution in [0.15, 0.2) is 36.5 Å². The Balaban J connectivity index is 1.36. The first-order valence-corrected chi connectivity index (χ1v) is 9.67. The SMILES string of the molecule is Cc1cnc(C2CC2)n1C1CCN(C(=O)[C@H](C)Oc2ccccc2)CC1. The van der Waals surface area contributed by atoms with E-state index in [-0.39, 0.29) is 5.91 Å². The minimum atomic E-state index is -0.453. The van der Waals surface area contributed by atoms with Gasteiger partial charge < -0.3 is 14.2 Å². The maximum Gasteiger partial charge on any atom is 0.263 e. The van der Waals surface area contributed by atoms with Gasteiger partial charge in [0, 0.05) is 36.9 Å². The van der Waals surface area contributed by atoms with Crippen LogP contribution in [-0.4, -0.2) is 39.6 Å². The van der Waals surface area contributed by atoms with Gasteiger partial charge in [-0.05, 0) is 51.7 Å². The van der Waals surface area contributed by atoms with Crippen molar-refractivity contribution in [3.8, 4) is 5.75 Å². The number of likely N-dealkylation sites (tertiary alicyclic amines) is 1. The lowest BCUT2D eigenvalue weighted by molar-refractivity contribution is -0.139. The third kappa shape index (κ3) is 3.48. The van der Waals surface area contributed by atoms with Gasteiger partial charge in [-0.15, -0.1) is 0 Å². The Kier molecular flexibility index (Phi) is 4.70. The molecule has 1 saturated carbocycles. The van der Waals surface area contributed by atoms with Crippen LogP contribution in [0.4, 0.5) is 0 Å². The number of benzene rings is 1. The molecule has 1 aromatic carbocycles. The predicted molar refractivity (Wildman–Crippen MR) is 100 cm³/mol. The number of imidazole rings is 1. The van der Waals surface area contributed by atoms with Crippen molar-refractivity contribution < 1.29 is 9.53 Å². The Labute approximate surface area is 155 Å². The van der Waals surface area contributed by atoms with Crippen LogP contribution in [0.2, 0.25) is 0 Å². The minimum Gasteiger partial charge on any atom is -0.481 e. The number of hydrogen-bond acceptors (Lipinski definition) is 3. The molecule has 5 heteroatoms. The Bertz CT molecular complexity index is 759. The van der Waals surface area contributed by atoms with Gasteiger partial charge >= 0.3 is 0 Å². The molecule has 0 unspecified atom stereocenters. The molecule has 2 aromatic rings. The summed E-state index contributed by atoms with van der Waals surface area (Å²) in [6.45, 7) is 5.56. The average molecular weight is 353 g/mol. The Morgan fingerprint density at radius 3 is 2.50 bits per heavy atom. The van der Waals surface area contributed by atoms with Crippen LogP contribution >= 0.6 is 0 Å². The number of carbonyl (C=O) groups excluding carboxylic acids is 1. The first kappa shape index (κ1) is 17.1. The topological polar surface area (TPSA) is 47.4 Å². The fourth-order valence-electron chi connectivity index (χ4n) is 3.94. The summed E-state index contributed by atoms with van der Waals surface area (Å²) in [5.41, 5.74) is 1.25. The average Bonchev–Trinajstić information content (AvgIpc) is 3.44. The molecular weight excluding hydrogens is 326 g/mol. The molecule has 1 atom stereocenters. The van der Waals surface area contributed by atoms with Gasteiger partial charge in [-0.2, -0.15) is 0 Å². The van der Waals surface area contributed by atoms with E-state index >= 15 is 0 Å². The first-order chi connectivity index (χ1) is 12.6. The summed E-state index contributed by atoms with van der Waals surface area (Å²) in [7, 11) is 0. The Morgan fingerprint density at radius 2 is 1.85 bits per heavy atom. The number of nitrogens with zero attached hydrogens (tertiary/aromatic N) is 3. The highest BCUT2D eigenvalue weighted by Crippen LogP contribution is 2.41. The number of rotatable bonds is 5. The lowest BCUT2D eigenvalue weighted by Crippen LogP contribution is -2.45. The maximum absolute atomic E-state index is 12.7. The van der Waals surface area contributed by atoms with Crippen LogP contribution in [-0.2, 0) is 4.79 Å². The number of ether oxygens (including phenoxy) is 1. The van der Waals surface area contributed by atoms with Gasteiger partial charge in [0.15, 0.2) is 6.10 Å².